The number of para-hydroxylation sites is 1. The number of fused-ring (bicyclic) bond motifs is 6. The average molecular weight is 358 g/mol. The molecule has 0 radical (unpaired) electrons. The summed E-state index contributed by atoms with van der Waals surface area (Å²) in [6, 6.07) is 19.9. The molecular weight excluding hydrogens is 344 g/mol. The van der Waals surface area contributed by atoms with Gasteiger partial charge in [-0.25, -0.2) is 4.79 Å². The fourth-order valence-electron chi connectivity index (χ4n) is 3.83. The van der Waals surface area contributed by atoms with Crippen molar-refractivity contribution in [2.45, 2.75) is 12.5 Å². The molecule has 2 heterocycles. The first-order valence-electron chi connectivity index (χ1n) is 8.53. The number of carbonyl (C=O) groups excluding carboxylic acids is 2. The lowest BCUT2D eigenvalue weighted by Gasteiger charge is -2.36. The summed E-state index contributed by atoms with van der Waals surface area (Å²) in [6.07, 6.45) is 0. The monoisotopic (exact) mass is 358 g/mol. The average Bonchev–Trinajstić information content (AvgIpc) is 2.95. The molecule has 1 unspecified atom stereocenters. The van der Waals surface area contributed by atoms with Crippen molar-refractivity contribution in [3.8, 4) is 17.2 Å². The maximum Gasteiger partial charge on any atom is 0.340 e. The topological polar surface area (TPSA) is 61.8 Å². The Kier molecular flexibility index (Phi) is 3.15. The Balaban J connectivity index is 1.81. The predicted molar refractivity (Wildman–Crippen MR) is 96.0 cm³/mol. The zero-order chi connectivity index (χ0) is 18.6. The van der Waals surface area contributed by atoms with Crippen LogP contribution in [0.25, 0.3) is 0 Å². The van der Waals surface area contributed by atoms with E-state index in [1.165, 1.54) is 6.92 Å². The van der Waals surface area contributed by atoms with Gasteiger partial charge in [0.2, 0.25) is 0 Å². The highest BCUT2D eigenvalue weighted by molar-refractivity contribution is 5.97. The minimum atomic E-state index is -1.09. The second-order valence-electron chi connectivity index (χ2n) is 6.47. The van der Waals surface area contributed by atoms with E-state index >= 15 is 0 Å². The predicted octanol–water partition coefficient (Wildman–Crippen LogP) is 4.18. The molecule has 0 bridgehead atoms. The molecule has 2 aliphatic heterocycles. The van der Waals surface area contributed by atoms with E-state index in [0.29, 0.717) is 28.4 Å². The quantitative estimate of drug-likeness (QED) is 0.482. The lowest BCUT2D eigenvalue weighted by molar-refractivity contribution is -0.131. The lowest BCUT2D eigenvalue weighted by Crippen LogP contribution is -2.32. The fraction of sp³-hybridized carbons (Fsp3) is 0.0909. The van der Waals surface area contributed by atoms with Crippen molar-refractivity contribution < 1.29 is 23.8 Å². The number of esters is 2. The Hall–Kier alpha value is -3.60. The number of hydrogen-bond acceptors (Lipinski definition) is 5. The summed E-state index contributed by atoms with van der Waals surface area (Å²) in [7, 11) is 0. The molecule has 5 heteroatoms. The van der Waals surface area contributed by atoms with E-state index in [0.717, 1.165) is 11.1 Å². The molecule has 0 aromatic heterocycles. The summed E-state index contributed by atoms with van der Waals surface area (Å²) >= 11 is 0. The third kappa shape index (κ3) is 2.11. The lowest BCUT2D eigenvalue weighted by atomic mass is 9.78. The van der Waals surface area contributed by atoms with Gasteiger partial charge in [0.05, 0.1) is 5.56 Å². The number of rotatable bonds is 1. The summed E-state index contributed by atoms with van der Waals surface area (Å²) in [6.45, 7) is 1.34. The Morgan fingerprint density at radius 1 is 0.889 bits per heavy atom. The second-order valence-corrected chi connectivity index (χ2v) is 6.47. The molecule has 0 N–H and O–H groups in total. The first kappa shape index (κ1) is 15.6. The first-order valence-corrected chi connectivity index (χ1v) is 8.53. The van der Waals surface area contributed by atoms with Crippen LogP contribution < -0.4 is 9.47 Å². The molecule has 0 amide bonds. The number of carbonyl (C=O) groups is 2. The van der Waals surface area contributed by atoms with E-state index < -0.39 is 11.6 Å². The minimum Gasteiger partial charge on any atom is -0.456 e. The number of benzene rings is 3. The minimum absolute atomic E-state index is 0.369. The highest BCUT2D eigenvalue weighted by Gasteiger charge is 2.53. The van der Waals surface area contributed by atoms with Crippen LogP contribution in [0.1, 0.15) is 34.0 Å². The second kappa shape index (κ2) is 5.45. The number of hydrogen-bond donors (Lipinski definition) is 0. The molecule has 0 fully saturated rings. The van der Waals surface area contributed by atoms with Crippen molar-refractivity contribution in [1.29, 1.82) is 0 Å². The zero-order valence-electron chi connectivity index (χ0n) is 14.4. The molecule has 2 aliphatic rings. The molecule has 27 heavy (non-hydrogen) atoms. The van der Waals surface area contributed by atoms with E-state index in [1.54, 1.807) is 24.3 Å². The molecule has 0 aliphatic carbocycles. The molecule has 3 aromatic carbocycles. The SMILES string of the molecule is CC(=O)Oc1ccc2c(c1)Oc1ccccc1C21OC(=O)c2ccccc21. The molecule has 5 rings (SSSR count). The highest BCUT2D eigenvalue weighted by Crippen LogP contribution is 2.56. The van der Waals surface area contributed by atoms with Crippen molar-refractivity contribution in [3.63, 3.8) is 0 Å². The molecule has 0 saturated carbocycles. The van der Waals surface area contributed by atoms with Crippen LogP contribution in [0, 0.1) is 0 Å². The van der Waals surface area contributed by atoms with Gasteiger partial charge in [-0.1, -0.05) is 36.4 Å². The van der Waals surface area contributed by atoms with Crippen LogP contribution in [0.5, 0.6) is 17.2 Å². The molecule has 5 nitrogen and oxygen atoms in total. The fourth-order valence-corrected chi connectivity index (χ4v) is 3.83. The summed E-state index contributed by atoms with van der Waals surface area (Å²) in [5, 5.41) is 0. The molecule has 1 atom stereocenters. The van der Waals surface area contributed by atoms with Crippen LogP contribution in [-0.4, -0.2) is 11.9 Å². The van der Waals surface area contributed by atoms with Gasteiger partial charge in [-0.2, -0.15) is 0 Å². The van der Waals surface area contributed by atoms with Crippen molar-refractivity contribution in [1.82, 2.24) is 0 Å². The van der Waals surface area contributed by atoms with Crippen molar-refractivity contribution >= 4 is 11.9 Å². The van der Waals surface area contributed by atoms with E-state index in [1.807, 2.05) is 42.5 Å². The molecule has 132 valence electrons. The van der Waals surface area contributed by atoms with Crippen LogP contribution in [0.15, 0.2) is 66.7 Å². The molecular formula is C22H14O5. The standard InChI is InChI=1S/C22H14O5/c1-13(23)25-14-10-11-18-20(12-14)26-19-9-5-4-8-17(19)22(18)16-7-3-2-6-15(16)21(24)27-22/h2-12H,1H3. The molecule has 0 saturated heterocycles. The summed E-state index contributed by atoms with van der Waals surface area (Å²) in [5.74, 6) is 0.649. The largest absolute Gasteiger partial charge is 0.456 e. The number of ether oxygens (including phenoxy) is 3. The Morgan fingerprint density at radius 3 is 2.41 bits per heavy atom. The Labute approximate surface area is 155 Å². The van der Waals surface area contributed by atoms with Crippen LogP contribution >= 0.6 is 0 Å². The van der Waals surface area contributed by atoms with Gasteiger partial charge in [-0.3, -0.25) is 4.79 Å². The van der Waals surface area contributed by atoms with Crippen LogP contribution in [-0.2, 0) is 15.1 Å². The van der Waals surface area contributed by atoms with Crippen molar-refractivity contribution in [2.75, 3.05) is 0 Å². The van der Waals surface area contributed by atoms with E-state index in [4.69, 9.17) is 14.2 Å². The Morgan fingerprint density at radius 2 is 1.59 bits per heavy atom. The van der Waals surface area contributed by atoms with Gasteiger partial charge >= 0.3 is 11.9 Å². The van der Waals surface area contributed by atoms with Crippen molar-refractivity contribution in [2.24, 2.45) is 0 Å². The maximum absolute atomic E-state index is 12.6. The van der Waals surface area contributed by atoms with Crippen LogP contribution in [0.2, 0.25) is 0 Å². The summed E-state index contributed by atoms with van der Waals surface area (Å²) < 4.78 is 17.2. The van der Waals surface area contributed by atoms with Gasteiger partial charge in [0.15, 0.2) is 5.60 Å². The van der Waals surface area contributed by atoms with Gasteiger partial charge in [0, 0.05) is 29.7 Å². The third-order valence-electron chi connectivity index (χ3n) is 4.85. The Bertz CT molecular complexity index is 1120. The third-order valence-corrected chi connectivity index (χ3v) is 4.85. The van der Waals surface area contributed by atoms with E-state index in [-0.39, 0.29) is 5.97 Å². The zero-order valence-corrected chi connectivity index (χ0v) is 14.4. The van der Waals surface area contributed by atoms with Gasteiger partial charge in [-0.15, -0.1) is 0 Å². The smallest absolute Gasteiger partial charge is 0.340 e. The van der Waals surface area contributed by atoms with Gasteiger partial charge in [0.25, 0.3) is 0 Å². The van der Waals surface area contributed by atoms with E-state index in [2.05, 4.69) is 0 Å². The van der Waals surface area contributed by atoms with Crippen LogP contribution in [0.3, 0.4) is 0 Å². The summed E-state index contributed by atoms with van der Waals surface area (Å²) in [4.78, 5) is 23.9. The van der Waals surface area contributed by atoms with Gasteiger partial charge in [-0.05, 0) is 24.3 Å². The first-order chi connectivity index (χ1) is 13.1. The molecule has 1 spiro atoms. The van der Waals surface area contributed by atoms with Crippen LogP contribution in [0.4, 0.5) is 0 Å². The van der Waals surface area contributed by atoms with Gasteiger partial charge < -0.3 is 14.2 Å². The van der Waals surface area contributed by atoms with E-state index in [9.17, 15) is 9.59 Å². The normalized spacial score (nSPS) is 18.8. The highest BCUT2D eigenvalue weighted by atomic mass is 16.6. The summed E-state index contributed by atoms with van der Waals surface area (Å²) in [5.41, 5.74) is 1.66. The van der Waals surface area contributed by atoms with Gasteiger partial charge in [0.1, 0.15) is 17.2 Å². The molecule has 3 aromatic rings. The maximum atomic E-state index is 12.6. The van der Waals surface area contributed by atoms with Crippen molar-refractivity contribution in [3.05, 3.63) is 89.0 Å².